The molecule has 37 heavy (non-hydrogen) atoms. The first-order valence-corrected chi connectivity index (χ1v) is 15.8. The van der Waals surface area contributed by atoms with E-state index in [0.29, 0.717) is 13.2 Å². The van der Waals surface area contributed by atoms with Crippen LogP contribution in [0.25, 0.3) is 0 Å². The summed E-state index contributed by atoms with van der Waals surface area (Å²) in [5.74, 6) is 0. The molecule has 6 heteroatoms. The molecule has 0 N–H and O–H groups in total. The fourth-order valence-corrected chi connectivity index (χ4v) is 5.20. The van der Waals surface area contributed by atoms with Gasteiger partial charge in [0.25, 0.3) is 0 Å². The predicted octanol–water partition coefficient (Wildman–Crippen LogP) is 8.06. The van der Waals surface area contributed by atoms with E-state index in [1.54, 1.807) is 7.11 Å². The number of unbranched alkanes of at least 4 members (excludes halogenated alkanes) is 15. The minimum Gasteiger partial charge on any atom is -0.431 e. The highest BCUT2D eigenvalue weighted by Crippen LogP contribution is 2.16. The number of carbonyl (C=O) groups is 1. The van der Waals surface area contributed by atoms with Gasteiger partial charge < -0.3 is 23.4 Å². The van der Waals surface area contributed by atoms with Crippen LogP contribution < -0.4 is 0 Å². The maximum absolute atomic E-state index is 11.9. The average Bonchev–Trinajstić information content (AvgIpc) is 2.90. The number of hydrogen-bond acceptors (Lipinski definition) is 5. The molecular weight excluding hydrogens is 466 g/mol. The molecule has 0 aromatic carbocycles. The van der Waals surface area contributed by atoms with E-state index in [1.165, 1.54) is 129 Å². The largest absolute Gasteiger partial charge is 0.508 e. The zero-order valence-electron chi connectivity index (χ0n) is 25.0. The lowest BCUT2D eigenvalue weighted by molar-refractivity contribution is -0.914. The van der Waals surface area contributed by atoms with Gasteiger partial charge in [-0.1, -0.05) is 103 Å². The lowest BCUT2D eigenvalue weighted by Crippen LogP contribution is -2.49. The van der Waals surface area contributed by atoms with Crippen LogP contribution in [-0.2, 0) is 18.9 Å². The second-order valence-corrected chi connectivity index (χ2v) is 11.5. The monoisotopic (exact) mass is 528 g/mol. The van der Waals surface area contributed by atoms with Gasteiger partial charge in [-0.05, 0) is 25.7 Å². The van der Waals surface area contributed by atoms with Crippen molar-refractivity contribution in [2.24, 2.45) is 0 Å². The van der Waals surface area contributed by atoms with E-state index in [4.69, 9.17) is 18.9 Å². The molecule has 1 unspecified atom stereocenters. The molecule has 0 spiro atoms. The van der Waals surface area contributed by atoms with Crippen molar-refractivity contribution in [2.45, 2.75) is 135 Å². The zero-order chi connectivity index (χ0) is 26.9. The number of quaternary nitrogens is 1. The quantitative estimate of drug-likeness (QED) is 0.0681. The van der Waals surface area contributed by atoms with Crippen LogP contribution in [0.5, 0.6) is 0 Å². The zero-order valence-corrected chi connectivity index (χ0v) is 25.0. The van der Waals surface area contributed by atoms with Crippen LogP contribution in [0.2, 0.25) is 0 Å². The summed E-state index contributed by atoms with van der Waals surface area (Å²) in [5, 5.41) is 0. The summed E-state index contributed by atoms with van der Waals surface area (Å²) in [6.45, 7) is 7.22. The smallest absolute Gasteiger partial charge is 0.431 e. The van der Waals surface area contributed by atoms with E-state index >= 15 is 0 Å². The Hall–Kier alpha value is -0.850. The number of nitrogens with zero attached hydrogens (tertiary/aromatic N) is 1. The molecule has 0 saturated carbocycles. The maximum Gasteiger partial charge on any atom is 0.508 e. The number of carbonyl (C=O) groups excluding carboxylic acids is 1. The van der Waals surface area contributed by atoms with Gasteiger partial charge in [-0.2, -0.15) is 0 Å². The predicted molar refractivity (Wildman–Crippen MR) is 153 cm³/mol. The van der Waals surface area contributed by atoms with Crippen LogP contribution in [0.15, 0.2) is 0 Å². The molecule has 1 saturated heterocycles. The van der Waals surface area contributed by atoms with Crippen molar-refractivity contribution in [1.29, 1.82) is 0 Å². The Kier molecular flexibility index (Phi) is 22.4. The number of ether oxygens (including phenoxy) is 4. The van der Waals surface area contributed by atoms with E-state index in [9.17, 15) is 4.79 Å². The summed E-state index contributed by atoms with van der Waals surface area (Å²) in [6.07, 6.45) is 24.9. The molecule has 1 aliphatic rings. The van der Waals surface area contributed by atoms with Crippen molar-refractivity contribution >= 4 is 6.16 Å². The van der Waals surface area contributed by atoms with Gasteiger partial charge >= 0.3 is 6.16 Å². The number of hydrogen-bond donors (Lipinski definition) is 0. The molecule has 0 aromatic rings. The van der Waals surface area contributed by atoms with Crippen LogP contribution in [0.1, 0.15) is 129 Å². The summed E-state index contributed by atoms with van der Waals surface area (Å²) < 4.78 is 22.6. The lowest BCUT2D eigenvalue weighted by atomic mass is 10.0. The van der Waals surface area contributed by atoms with E-state index in [0.717, 1.165) is 24.1 Å². The first-order chi connectivity index (χ1) is 18.1. The molecule has 1 heterocycles. The molecule has 0 radical (unpaired) electrons. The Balaban J connectivity index is 1.84. The van der Waals surface area contributed by atoms with E-state index in [-0.39, 0.29) is 12.7 Å². The number of likely N-dealkylation sites (N-methyl/N-ethyl adjacent to an activating group) is 1. The molecular formula is C31H62NO5+. The second-order valence-electron chi connectivity index (χ2n) is 11.5. The Bertz CT molecular complexity index is 510. The highest BCUT2D eigenvalue weighted by Gasteiger charge is 2.25. The molecule has 1 fully saturated rings. The maximum atomic E-state index is 11.9. The van der Waals surface area contributed by atoms with Crippen molar-refractivity contribution in [2.75, 3.05) is 60.2 Å². The molecule has 1 atom stereocenters. The van der Waals surface area contributed by atoms with Gasteiger partial charge in [-0.15, -0.1) is 0 Å². The molecule has 0 bridgehead atoms. The molecule has 220 valence electrons. The molecule has 0 amide bonds. The standard InChI is InChI=1S/C31H62NO5/c1-4-5-6-7-8-9-10-11-12-13-14-15-16-17-18-22-26-35-28-30(34-3)29-37-31(33)36-27-25-32(2)23-20-19-21-24-32/h30H,4-29H2,1-3H3/q+1. The minimum absolute atomic E-state index is 0.167. The first-order valence-electron chi connectivity index (χ1n) is 15.8. The lowest BCUT2D eigenvalue weighted by Gasteiger charge is -2.37. The molecule has 0 aliphatic carbocycles. The topological polar surface area (TPSA) is 54.0 Å². The third kappa shape index (κ3) is 20.7. The van der Waals surface area contributed by atoms with Crippen LogP contribution in [0.4, 0.5) is 4.79 Å². The van der Waals surface area contributed by atoms with E-state index < -0.39 is 6.16 Å². The summed E-state index contributed by atoms with van der Waals surface area (Å²) in [7, 11) is 3.87. The Morgan fingerprint density at radius 3 is 1.70 bits per heavy atom. The van der Waals surface area contributed by atoms with Crippen molar-refractivity contribution < 1.29 is 28.2 Å². The van der Waals surface area contributed by atoms with E-state index in [2.05, 4.69) is 14.0 Å². The van der Waals surface area contributed by atoms with Crippen molar-refractivity contribution in [3.63, 3.8) is 0 Å². The van der Waals surface area contributed by atoms with Crippen LogP contribution in [0, 0.1) is 0 Å². The first kappa shape index (κ1) is 34.2. The fourth-order valence-electron chi connectivity index (χ4n) is 5.20. The van der Waals surface area contributed by atoms with Gasteiger partial charge in [0.15, 0.2) is 0 Å². The Morgan fingerprint density at radius 1 is 0.676 bits per heavy atom. The van der Waals surface area contributed by atoms with Crippen LogP contribution >= 0.6 is 0 Å². The molecule has 1 rings (SSSR count). The van der Waals surface area contributed by atoms with Gasteiger partial charge in [0.1, 0.15) is 25.9 Å². The molecule has 0 aromatic heterocycles. The highest BCUT2D eigenvalue weighted by molar-refractivity contribution is 5.59. The van der Waals surface area contributed by atoms with Crippen molar-refractivity contribution in [1.82, 2.24) is 0 Å². The number of piperidine rings is 1. The van der Waals surface area contributed by atoms with Gasteiger partial charge in [-0.3, -0.25) is 0 Å². The summed E-state index contributed by atoms with van der Waals surface area (Å²) in [4.78, 5) is 11.9. The normalized spacial score (nSPS) is 16.0. The van der Waals surface area contributed by atoms with Gasteiger partial charge in [0.05, 0.1) is 26.7 Å². The summed E-state index contributed by atoms with van der Waals surface area (Å²) >= 11 is 0. The molecule has 1 aliphatic heterocycles. The second kappa shape index (κ2) is 24.2. The minimum atomic E-state index is -0.608. The van der Waals surface area contributed by atoms with Crippen molar-refractivity contribution in [3.05, 3.63) is 0 Å². The number of likely N-dealkylation sites (tertiary alicyclic amines) is 1. The highest BCUT2D eigenvalue weighted by atomic mass is 16.7. The van der Waals surface area contributed by atoms with Gasteiger partial charge in [0.2, 0.25) is 0 Å². The number of methoxy groups -OCH3 is 1. The summed E-state index contributed by atoms with van der Waals surface area (Å²) in [6, 6.07) is 0. The SMILES string of the molecule is CCCCCCCCCCCCCCCCCCOCC(COC(=O)OCC[N+]1(C)CCCCC1)OC. The number of rotatable bonds is 25. The fraction of sp³-hybridized carbons (Fsp3) is 0.968. The van der Waals surface area contributed by atoms with Crippen molar-refractivity contribution in [3.8, 4) is 0 Å². The summed E-state index contributed by atoms with van der Waals surface area (Å²) in [5.41, 5.74) is 0. The average molecular weight is 529 g/mol. The Labute approximate surface area is 229 Å². The van der Waals surface area contributed by atoms with Gasteiger partial charge in [-0.25, -0.2) is 4.79 Å². The van der Waals surface area contributed by atoms with E-state index in [1.807, 2.05) is 0 Å². The van der Waals surface area contributed by atoms with Crippen LogP contribution in [-0.4, -0.2) is 77.0 Å². The van der Waals surface area contributed by atoms with Gasteiger partial charge in [0, 0.05) is 13.7 Å². The van der Waals surface area contributed by atoms with Crippen LogP contribution in [0.3, 0.4) is 0 Å². The third-order valence-electron chi connectivity index (χ3n) is 7.91. The Morgan fingerprint density at radius 2 is 1.19 bits per heavy atom. The molecule has 6 nitrogen and oxygen atoms in total. The third-order valence-corrected chi connectivity index (χ3v) is 7.91.